The SMILES string of the molecule is CCn1c2ccc(Br)cc2c2cc(CNCc3ccccc3OC)ccc21.Cl. The first-order valence-corrected chi connectivity index (χ1v) is 10.0. The van der Waals surface area contributed by atoms with E-state index in [1.165, 1.54) is 32.9 Å². The molecular formula is C23H24BrClN2O. The largest absolute Gasteiger partial charge is 0.496 e. The second kappa shape index (κ2) is 8.99. The Labute approximate surface area is 180 Å². The summed E-state index contributed by atoms with van der Waals surface area (Å²) < 4.78 is 8.93. The molecule has 4 rings (SSSR count). The van der Waals surface area contributed by atoms with Gasteiger partial charge in [-0.2, -0.15) is 0 Å². The van der Waals surface area contributed by atoms with Crippen molar-refractivity contribution in [3.05, 3.63) is 76.3 Å². The third-order valence-corrected chi connectivity index (χ3v) is 5.54. The number of rotatable bonds is 6. The molecule has 3 nitrogen and oxygen atoms in total. The number of para-hydroxylation sites is 1. The number of hydrogen-bond acceptors (Lipinski definition) is 2. The Morgan fingerprint density at radius 3 is 2.39 bits per heavy atom. The first-order chi connectivity index (χ1) is 13.2. The second-order valence-electron chi connectivity index (χ2n) is 6.67. The van der Waals surface area contributed by atoms with E-state index in [2.05, 4.69) is 75.2 Å². The number of nitrogens with one attached hydrogen (secondary N) is 1. The van der Waals surface area contributed by atoms with Crippen molar-refractivity contribution in [1.29, 1.82) is 0 Å². The van der Waals surface area contributed by atoms with E-state index in [0.29, 0.717) is 0 Å². The molecule has 0 aliphatic carbocycles. The summed E-state index contributed by atoms with van der Waals surface area (Å²) in [5.74, 6) is 0.927. The van der Waals surface area contributed by atoms with E-state index in [0.717, 1.165) is 29.9 Å². The normalized spacial score (nSPS) is 11.0. The second-order valence-corrected chi connectivity index (χ2v) is 7.59. The summed E-state index contributed by atoms with van der Waals surface area (Å²) in [6.45, 7) is 4.77. The molecule has 1 aromatic heterocycles. The summed E-state index contributed by atoms with van der Waals surface area (Å²) in [7, 11) is 1.72. The number of hydrogen-bond donors (Lipinski definition) is 1. The van der Waals surface area contributed by atoms with Gasteiger partial charge in [0.05, 0.1) is 7.11 Å². The zero-order valence-corrected chi connectivity index (χ0v) is 18.4. The molecule has 0 saturated heterocycles. The van der Waals surface area contributed by atoms with Crippen LogP contribution in [-0.4, -0.2) is 11.7 Å². The van der Waals surface area contributed by atoms with Gasteiger partial charge in [-0.1, -0.05) is 40.2 Å². The van der Waals surface area contributed by atoms with Gasteiger partial charge in [0.2, 0.25) is 0 Å². The molecule has 0 unspecified atom stereocenters. The van der Waals surface area contributed by atoms with Gasteiger partial charge in [0.25, 0.3) is 0 Å². The summed E-state index contributed by atoms with van der Waals surface area (Å²) in [6, 6.07) is 21.4. The average Bonchev–Trinajstić information content (AvgIpc) is 3.00. The van der Waals surface area contributed by atoms with Crippen LogP contribution in [0.1, 0.15) is 18.1 Å². The van der Waals surface area contributed by atoms with Gasteiger partial charge < -0.3 is 14.6 Å². The molecule has 146 valence electrons. The van der Waals surface area contributed by atoms with Crippen LogP contribution in [0, 0.1) is 0 Å². The van der Waals surface area contributed by atoms with Crippen molar-refractivity contribution in [2.24, 2.45) is 0 Å². The van der Waals surface area contributed by atoms with Crippen LogP contribution >= 0.6 is 28.3 Å². The van der Waals surface area contributed by atoms with Gasteiger partial charge in [0, 0.05) is 51.5 Å². The van der Waals surface area contributed by atoms with Gasteiger partial charge in [-0.25, -0.2) is 0 Å². The fraction of sp³-hybridized carbons (Fsp3) is 0.217. The van der Waals surface area contributed by atoms with Crippen molar-refractivity contribution in [2.45, 2.75) is 26.6 Å². The van der Waals surface area contributed by atoms with E-state index in [4.69, 9.17) is 4.74 Å². The molecule has 0 radical (unpaired) electrons. The van der Waals surface area contributed by atoms with Crippen molar-refractivity contribution < 1.29 is 4.74 Å². The maximum atomic E-state index is 5.43. The van der Waals surface area contributed by atoms with Crippen LogP contribution in [0.3, 0.4) is 0 Å². The molecule has 4 aromatic rings. The third-order valence-electron chi connectivity index (χ3n) is 5.04. The molecule has 0 bridgehead atoms. The molecule has 1 N–H and O–H groups in total. The molecule has 0 saturated carbocycles. The average molecular weight is 460 g/mol. The van der Waals surface area contributed by atoms with Crippen molar-refractivity contribution in [2.75, 3.05) is 7.11 Å². The first kappa shape index (κ1) is 20.7. The lowest BCUT2D eigenvalue weighted by Gasteiger charge is -2.10. The predicted octanol–water partition coefficient (Wildman–Crippen LogP) is 6.30. The van der Waals surface area contributed by atoms with Gasteiger partial charge >= 0.3 is 0 Å². The lowest BCUT2D eigenvalue weighted by atomic mass is 10.1. The lowest BCUT2D eigenvalue weighted by molar-refractivity contribution is 0.407. The molecular weight excluding hydrogens is 436 g/mol. The minimum absolute atomic E-state index is 0. The standard InChI is InChI=1S/C23H23BrN2O.ClH/c1-3-26-21-10-8-16(12-19(21)20-13-18(24)9-11-22(20)26)14-25-15-17-6-4-5-7-23(17)27-2;/h4-13,25H,3,14-15H2,1-2H3;1H. The number of benzene rings is 3. The number of nitrogens with zero attached hydrogens (tertiary/aromatic N) is 1. The van der Waals surface area contributed by atoms with E-state index in [1.54, 1.807) is 7.11 Å². The topological polar surface area (TPSA) is 26.2 Å². The predicted molar refractivity (Wildman–Crippen MR) is 124 cm³/mol. The summed E-state index contributed by atoms with van der Waals surface area (Å²) in [6.07, 6.45) is 0. The molecule has 28 heavy (non-hydrogen) atoms. The van der Waals surface area contributed by atoms with E-state index in [9.17, 15) is 0 Å². The van der Waals surface area contributed by atoms with Crippen LogP contribution < -0.4 is 10.1 Å². The number of aromatic nitrogens is 1. The van der Waals surface area contributed by atoms with Crippen LogP contribution in [-0.2, 0) is 19.6 Å². The van der Waals surface area contributed by atoms with E-state index in [1.807, 2.05) is 18.2 Å². The van der Waals surface area contributed by atoms with Crippen LogP contribution in [0.5, 0.6) is 5.75 Å². The van der Waals surface area contributed by atoms with E-state index < -0.39 is 0 Å². The third kappa shape index (κ3) is 3.90. The number of ether oxygens (including phenoxy) is 1. The highest BCUT2D eigenvalue weighted by Crippen LogP contribution is 2.32. The maximum Gasteiger partial charge on any atom is 0.123 e. The fourth-order valence-electron chi connectivity index (χ4n) is 3.76. The Morgan fingerprint density at radius 2 is 1.64 bits per heavy atom. The van der Waals surface area contributed by atoms with Crippen molar-refractivity contribution >= 4 is 50.1 Å². The zero-order valence-electron chi connectivity index (χ0n) is 16.0. The monoisotopic (exact) mass is 458 g/mol. The Kier molecular flexibility index (Phi) is 6.65. The minimum Gasteiger partial charge on any atom is -0.496 e. The van der Waals surface area contributed by atoms with Crippen LogP contribution in [0.2, 0.25) is 0 Å². The van der Waals surface area contributed by atoms with Crippen molar-refractivity contribution in [1.82, 2.24) is 9.88 Å². The molecule has 5 heteroatoms. The van der Waals surface area contributed by atoms with E-state index >= 15 is 0 Å². The smallest absolute Gasteiger partial charge is 0.123 e. The molecule has 0 atom stereocenters. The van der Waals surface area contributed by atoms with Crippen molar-refractivity contribution in [3.8, 4) is 5.75 Å². The molecule has 0 amide bonds. The van der Waals surface area contributed by atoms with Crippen LogP contribution in [0.25, 0.3) is 21.8 Å². The number of halogens is 2. The number of aryl methyl sites for hydroxylation is 1. The van der Waals surface area contributed by atoms with Gasteiger partial charge in [0.15, 0.2) is 0 Å². The molecule has 0 aliphatic heterocycles. The molecule has 0 spiro atoms. The lowest BCUT2D eigenvalue weighted by Crippen LogP contribution is -2.13. The Hall–Kier alpha value is -2.01. The van der Waals surface area contributed by atoms with Gasteiger partial charge in [-0.3, -0.25) is 0 Å². The quantitative estimate of drug-likeness (QED) is 0.366. The number of fused-ring (bicyclic) bond motifs is 3. The summed E-state index contributed by atoms with van der Waals surface area (Å²) in [5, 5.41) is 6.15. The van der Waals surface area contributed by atoms with E-state index in [-0.39, 0.29) is 12.4 Å². The minimum atomic E-state index is 0. The highest BCUT2D eigenvalue weighted by molar-refractivity contribution is 9.10. The maximum absolute atomic E-state index is 5.43. The van der Waals surface area contributed by atoms with Gasteiger partial charge in [-0.05, 0) is 48.9 Å². The Bertz CT molecular complexity index is 1110. The van der Waals surface area contributed by atoms with Crippen LogP contribution in [0.15, 0.2) is 65.1 Å². The summed E-state index contributed by atoms with van der Waals surface area (Å²) >= 11 is 3.62. The van der Waals surface area contributed by atoms with Crippen LogP contribution in [0.4, 0.5) is 0 Å². The first-order valence-electron chi connectivity index (χ1n) is 9.24. The number of methoxy groups -OCH3 is 1. The Balaban J connectivity index is 0.00000225. The highest BCUT2D eigenvalue weighted by Gasteiger charge is 2.10. The molecule has 3 aromatic carbocycles. The summed E-state index contributed by atoms with van der Waals surface area (Å²) in [4.78, 5) is 0. The fourth-order valence-corrected chi connectivity index (χ4v) is 4.13. The molecule has 1 heterocycles. The summed E-state index contributed by atoms with van der Waals surface area (Å²) in [5.41, 5.74) is 5.04. The van der Waals surface area contributed by atoms with Gasteiger partial charge in [0.1, 0.15) is 5.75 Å². The zero-order chi connectivity index (χ0) is 18.8. The van der Waals surface area contributed by atoms with Gasteiger partial charge in [-0.15, -0.1) is 12.4 Å². The molecule has 0 fully saturated rings. The highest BCUT2D eigenvalue weighted by atomic mass is 79.9. The Morgan fingerprint density at radius 1 is 0.929 bits per heavy atom. The molecule has 0 aliphatic rings. The van der Waals surface area contributed by atoms with Crippen molar-refractivity contribution in [3.63, 3.8) is 0 Å².